The van der Waals surface area contributed by atoms with Gasteiger partial charge in [-0.05, 0) is 50.2 Å². The van der Waals surface area contributed by atoms with Crippen molar-refractivity contribution in [1.29, 1.82) is 0 Å². The molecule has 7 heteroatoms. The highest BCUT2D eigenvalue weighted by Crippen LogP contribution is 2.23. The monoisotopic (exact) mass is 400 g/mol. The summed E-state index contributed by atoms with van der Waals surface area (Å²) in [4.78, 5) is 13.6. The summed E-state index contributed by atoms with van der Waals surface area (Å²) < 4.78 is 5.85. The first-order chi connectivity index (χ1) is 11.7. The first-order valence-electron chi connectivity index (χ1n) is 8.54. The highest BCUT2D eigenvalue weighted by Gasteiger charge is 2.22. The number of hydrogen-bond acceptors (Lipinski definition) is 4. The second-order valence-corrected chi connectivity index (χ2v) is 6.21. The van der Waals surface area contributed by atoms with Crippen molar-refractivity contribution in [3.8, 4) is 11.3 Å². The smallest absolute Gasteiger partial charge is 0.335 e. The summed E-state index contributed by atoms with van der Waals surface area (Å²) in [6.07, 6.45) is 2.54. The molecule has 0 spiro atoms. The Kier molecular flexibility index (Phi) is 9.16. The van der Waals surface area contributed by atoms with Gasteiger partial charge >= 0.3 is 5.97 Å². The lowest BCUT2D eigenvalue weighted by Crippen LogP contribution is -2.37. The number of nitrogens with zero attached hydrogens (tertiary/aromatic N) is 1. The summed E-state index contributed by atoms with van der Waals surface area (Å²) >= 11 is 0. The van der Waals surface area contributed by atoms with Crippen LogP contribution in [0.4, 0.5) is 0 Å². The molecule has 1 unspecified atom stereocenters. The minimum Gasteiger partial charge on any atom is -0.478 e. The van der Waals surface area contributed by atoms with Crippen LogP contribution in [-0.2, 0) is 6.54 Å². The molecule has 2 heterocycles. The van der Waals surface area contributed by atoms with E-state index >= 15 is 0 Å². The van der Waals surface area contributed by atoms with Gasteiger partial charge in [-0.25, -0.2) is 4.79 Å². The molecule has 1 saturated heterocycles. The highest BCUT2D eigenvalue weighted by atomic mass is 35.5. The molecule has 3 rings (SSSR count). The van der Waals surface area contributed by atoms with Crippen molar-refractivity contribution < 1.29 is 14.3 Å². The van der Waals surface area contributed by atoms with Gasteiger partial charge in [0, 0.05) is 18.2 Å². The van der Waals surface area contributed by atoms with Gasteiger partial charge in [-0.2, -0.15) is 0 Å². The Hall–Kier alpha value is -1.53. The Morgan fingerprint density at radius 3 is 2.85 bits per heavy atom. The fourth-order valence-corrected chi connectivity index (χ4v) is 3.34. The predicted octanol–water partition coefficient (Wildman–Crippen LogP) is 4.06. The first-order valence-corrected chi connectivity index (χ1v) is 8.54. The van der Waals surface area contributed by atoms with Crippen LogP contribution >= 0.6 is 24.8 Å². The summed E-state index contributed by atoms with van der Waals surface area (Å²) in [5, 5.41) is 12.6. The molecule has 1 aromatic carbocycles. The minimum atomic E-state index is -0.928. The van der Waals surface area contributed by atoms with Crippen LogP contribution < -0.4 is 5.32 Å². The number of carboxylic acid groups (broad SMARTS) is 1. The SMILES string of the molecule is CCN1CCCC1CNCc1ccc(-c2cccc(C(=O)O)c2)o1.Cl.Cl. The van der Waals surface area contributed by atoms with Gasteiger partial charge in [0.05, 0.1) is 12.1 Å². The first kappa shape index (κ1) is 22.5. The van der Waals surface area contributed by atoms with E-state index in [0.29, 0.717) is 18.3 Å². The van der Waals surface area contributed by atoms with E-state index in [9.17, 15) is 4.79 Å². The normalized spacial score (nSPS) is 16.7. The van der Waals surface area contributed by atoms with Gasteiger partial charge in [0.1, 0.15) is 11.5 Å². The summed E-state index contributed by atoms with van der Waals surface area (Å²) in [5.41, 5.74) is 1.05. The van der Waals surface area contributed by atoms with Gasteiger partial charge < -0.3 is 14.8 Å². The maximum atomic E-state index is 11.1. The van der Waals surface area contributed by atoms with Crippen LogP contribution in [0.3, 0.4) is 0 Å². The Morgan fingerprint density at radius 1 is 1.31 bits per heavy atom. The van der Waals surface area contributed by atoms with Crippen molar-refractivity contribution in [3.63, 3.8) is 0 Å². The minimum absolute atomic E-state index is 0. The van der Waals surface area contributed by atoms with Crippen LogP contribution in [0.1, 0.15) is 35.9 Å². The molecule has 0 bridgehead atoms. The van der Waals surface area contributed by atoms with Gasteiger partial charge in [0.15, 0.2) is 0 Å². The van der Waals surface area contributed by atoms with Gasteiger partial charge in [0.2, 0.25) is 0 Å². The Morgan fingerprint density at radius 2 is 2.12 bits per heavy atom. The van der Waals surface area contributed by atoms with Crippen LogP contribution in [0.25, 0.3) is 11.3 Å². The van der Waals surface area contributed by atoms with Crippen molar-refractivity contribution in [2.45, 2.75) is 32.4 Å². The van der Waals surface area contributed by atoms with Crippen LogP contribution in [0.5, 0.6) is 0 Å². The van der Waals surface area contributed by atoms with Gasteiger partial charge in [0.25, 0.3) is 0 Å². The summed E-state index contributed by atoms with van der Waals surface area (Å²) in [5.74, 6) is 0.639. The number of halogens is 2. The van der Waals surface area contributed by atoms with Crippen LogP contribution in [0.15, 0.2) is 40.8 Å². The van der Waals surface area contributed by atoms with Crippen molar-refractivity contribution >= 4 is 30.8 Å². The summed E-state index contributed by atoms with van der Waals surface area (Å²) in [6, 6.07) is 11.3. The van der Waals surface area contributed by atoms with E-state index in [2.05, 4.69) is 17.1 Å². The van der Waals surface area contributed by atoms with Crippen molar-refractivity contribution in [2.75, 3.05) is 19.6 Å². The third-order valence-corrected chi connectivity index (χ3v) is 4.64. The summed E-state index contributed by atoms with van der Waals surface area (Å²) in [6.45, 7) is 6.18. The Balaban J connectivity index is 0.00000169. The quantitative estimate of drug-likeness (QED) is 0.733. The third kappa shape index (κ3) is 5.48. The lowest BCUT2D eigenvalue weighted by Gasteiger charge is -2.22. The van der Waals surface area contributed by atoms with Gasteiger partial charge in [-0.3, -0.25) is 4.90 Å². The molecular formula is C19H26Cl2N2O3. The molecule has 1 aromatic heterocycles. The number of aromatic carboxylic acids is 1. The lowest BCUT2D eigenvalue weighted by molar-refractivity contribution is 0.0697. The molecule has 1 atom stereocenters. The molecule has 0 radical (unpaired) electrons. The van der Waals surface area contributed by atoms with E-state index in [0.717, 1.165) is 24.4 Å². The molecule has 0 saturated carbocycles. The van der Waals surface area contributed by atoms with E-state index in [4.69, 9.17) is 9.52 Å². The zero-order chi connectivity index (χ0) is 16.9. The standard InChI is InChI=1S/C19H24N2O3.2ClH/c1-2-21-10-4-7-16(21)12-20-13-17-8-9-18(24-17)14-5-3-6-15(11-14)19(22)23;;/h3,5-6,8-9,11,16,20H,2,4,7,10,12-13H2,1H3,(H,22,23);2*1H. The second kappa shape index (κ2) is 10.6. The Bertz CT molecular complexity index is 706. The van der Waals surface area contributed by atoms with Gasteiger partial charge in [-0.1, -0.05) is 19.1 Å². The number of benzene rings is 1. The molecule has 1 fully saturated rings. The number of carbonyl (C=O) groups is 1. The van der Waals surface area contributed by atoms with Gasteiger partial charge in [-0.15, -0.1) is 24.8 Å². The summed E-state index contributed by atoms with van der Waals surface area (Å²) in [7, 11) is 0. The van der Waals surface area contributed by atoms with Crippen LogP contribution in [-0.4, -0.2) is 41.7 Å². The molecule has 1 aliphatic rings. The number of rotatable bonds is 7. The largest absolute Gasteiger partial charge is 0.478 e. The predicted molar refractivity (Wildman–Crippen MR) is 108 cm³/mol. The van der Waals surface area contributed by atoms with E-state index in [1.807, 2.05) is 18.2 Å². The third-order valence-electron chi connectivity index (χ3n) is 4.64. The van der Waals surface area contributed by atoms with E-state index in [1.54, 1.807) is 18.2 Å². The fraction of sp³-hybridized carbons (Fsp3) is 0.421. The topological polar surface area (TPSA) is 65.7 Å². The molecule has 144 valence electrons. The molecule has 1 aliphatic heterocycles. The lowest BCUT2D eigenvalue weighted by atomic mass is 10.1. The molecule has 5 nitrogen and oxygen atoms in total. The number of likely N-dealkylation sites (tertiary alicyclic amines) is 1. The maximum Gasteiger partial charge on any atom is 0.335 e. The molecule has 0 aliphatic carbocycles. The fourth-order valence-electron chi connectivity index (χ4n) is 3.34. The Labute approximate surface area is 166 Å². The number of carboxylic acids is 1. The average Bonchev–Trinajstić information content (AvgIpc) is 3.24. The van der Waals surface area contributed by atoms with Crippen molar-refractivity contribution in [3.05, 3.63) is 47.7 Å². The molecule has 2 N–H and O–H groups in total. The van der Waals surface area contributed by atoms with E-state index < -0.39 is 5.97 Å². The zero-order valence-electron chi connectivity index (χ0n) is 14.8. The van der Waals surface area contributed by atoms with E-state index in [-0.39, 0.29) is 30.4 Å². The number of furan rings is 1. The molecule has 26 heavy (non-hydrogen) atoms. The second-order valence-electron chi connectivity index (χ2n) is 6.21. The molecular weight excluding hydrogens is 375 g/mol. The van der Waals surface area contributed by atoms with Crippen LogP contribution in [0.2, 0.25) is 0 Å². The number of hydrogen-bond donors (Lipinski definition) is 2. The maximum absolute atomic E-state index is 11.1. The molecule has 0 amide bonds. The highest BCUT2D eigenvalue weighted by molar-refractivity contribution is 5.89. The number of nitrogens with one attached hydrogen (secondary N) is 1. The van der Waals surface area contributed by atoms with E-state index in [1.165, 1.54) is 19.4 Å². The number of likely N-dealkylation sites (N-methyl/N-ethyl adjacent to an activating group) is 1. The van der Waals surface area contributed by atoms with Crippen molar-refractivity contribution in [2.24, 2.45) is 0 Å². The molecule has 2 aromatic rings. The zero-order valence-corrected chi connectivity index (χ0v) is 16.4. The van der Waals surface area contributed by atoms with Crippen molar-refractivity contribution in [1.82, 2.24) is 10.2 Å². The van der Waals surface area contributed by atoms with Crippen LogP contribution in [0, 0.1) is 0 Å². The average molecular weight is 401 g/mol.